The number of ether oxygens (including phenoxy) is 2. The van der Waals surface area contributed by atoms with Crippen LogP contribution in [0.15, 0.2) is 0 Å². The van der Waals surface area contributed by atoms with Crippen molar-refractivity contribution in [1.29, 1.82) is 0 Å². The van der Waals surface area contributed by atoms with Crippen LogP contribution in [-0.4, -0.2) is 55.4 Å². The summed E-state index contributed by atoms with van der Waals surface area (Å²) >= 11 is 0. The standard InChI is InChI=1S/C11H22N2O3/c1-9-6-13(8-11(2,3)16-9)10(14)7-15-5-4-12/h9H,4-8,12H2,1-3H3. The SMILES string of the molecule is CC1CN(C(=O)COCCN)CC(C)(C)O1. The van der Waals surface area contributed by atoms with Gasteiger partial charge in [0.15, 0.2) is 0 Å². The number of morpholine rings is 1. The van der Waals surface area contributed by atoms with E-state index in [2.05, 4.69) is 0 Å². The maximum absolute atomic E-state index is 11.8. The van der Waals surface area contributed by atoms with E-state index >= 15 is 0 Å². The first kappa shape index (κ1) is 13.4. The molecule has 1 rings (SSSR count). The number of amides is 1. The number of carbonyl (C=O) groups is 1. The second kappa shape index (κ2) is 5.61. The van der Waals surface area contributed by atoms with Crippen LogP contribution in [0.5, 0.6) is 0 Å². The molecule has 0 aromatic carbocycles. The van der Waals surface area contributed by atoms with Gasteiger partial charge in [0.1, 0.15) is 6.61 Å². The fraction of sp³-hybridized carbons (Fsp3) is 0.909. The number of hydrogen-bond acceptors (Lipinski definition) is 4. The van der Waals surface area contributed by atoms with Gasteiger partial charge < -0.3 is 20.1 Å². The second-order valence-electron chi connectivity index (χ2n) is 4.80. The normalized spacial score (nSPS) is 24.5. The summed E-state index contributed by atoms with van der Waals surface area (Å²) in [4.78, 5) is 13.6. The summed E-state index contributed by atoms with van der Waals surface area (Å²) in [6.45, 7) is 8.18. The average Bonchev–Trinajstić information content (AvgIpc) is 2.14. The zero-order valence-corrected chi connectivity index (χ0v) is 10.4. The Morgan fingerprint density at radius 2 is 2.31 bits per heavy atom. The van der Waals surface area contributed by atoms with Gasteiger partial charge in [0, 0.05) is 19.6 Å². The van der Waals surface area contributed by atoms with Gasteiger partial charge >= 0.3 is 0 Å². The second-order valence-corrected chi connectivity index (χ2v) is 4.80. The van der Waals surface area contributed by atoms with Crippen molar-refractivity contribution < 1.29 is 14.3 Å². The molecule has 1 saturated heterocycles. The molecule has 1 amide bonds. The predicted molar refractivity (Wildman–Crippen MR) is 61.1 cm³/mol. The molecule has 1 fully saturated rings. The lowest BCUT2D eigenvalue weighted by atomic mass is 10.1. The van der Waals surface area contributed by atoms with Gasteiger partial charge in [0.25, 0.3) is 0 Å². The molecule has 0 spiro atoms. The van der Waals surface area contributed by atoms with Crippen LogP contribution in [0.4, 0.5) is 0 Å². The van der Waals surface area contributed by atoms with E-state index in [1.54, 1.807) is 4.90 Å². The number of hydrogen-bond donors (Lipinski definition) is 1. The lowest BCUT2D eigenvalue weighted by Crippen LogP contribution is -2.54. The monoisotopic (exact) mass is 230 g/mol. The molecule has 1 aliphatic rings. The molecule has 0 saturated carbocycles. The van der Waals surface area contributed by atoms with Gasteiger partial charge in [0.2, 0.25) is 5.91 Å². The van der Waals surface area contributed by atoms with E-state index in [1.165, 1.54) is 0 Å². The lowest BCUT2D eigenvalue weighted by Gasteiger charge is -2.41. The highest BCUT2D eigenvalue weighted by molar-refractivity contribution is 5.77. The molecule has 5 heteroatoms. The molecule has 2 N–H and O–H groups in total. The fourth-order valence-electron chi connectivity index (χ4n) is 1.98. The molecule has 1 aliphatic heterocycles. The quantitative estimate of drug-likeness (QED) is 0.690. The third-order valence-corrected chi connectivity index (χ3v) is 2.41. The van der Waals surface area contributed by atoms with Crippen LogP contribution >= 0.6 is 0 Å². The van der Waals surface area contributed by atoms with Crippen LogP contribution in [0.2, 0.25) is 0 Å². The van der Waals surface area contributed by atoms with Crippen LogP contribution in [0, 0.1) is 0 Å². The minimum Gasteiger partial charge on any atom is -0.370 e. The fourth-order valence-corrected chi connectivity index (χ4v) is 1.98. The average molecular weight is 230 g/mol. The summed E-state index contributed by atoms with van der Waals surface area (Å²) in [6.07, 6.45) is 0.0715. The summed E-state index contributed by atoms with van der Waals surface area (Å²) in [5, 5.41) is 0. The van der Waals surface area contributed by atoms with Gasteiger partial charge in [-0.3, -0.25) is 4.79 Å². The van der Waals surface area contributed by atoms with Gasteiger partial charge in [-0.1, -0.05) is 0 Å². The molecule has 16 heavy (non-hydrogen) atoms. The molecular weight excluding hydrogens is 208 g/mol. The minimum atomic E-state index is -0.277. The molecule has 5 nitrogen and oxygen atoms in total. The topological polar surface area (TPSA) is 64.8 Å². The van der Waals surface area contributed by atoms with E-state index in [0.29, 0.717) is 26.2 Å². The van der Waals surface area contributed by atoms with Crippen molar-refractivity contribution >= 4 is 5.91 Å². The van der Waals surface area contributed by atoms with Crippen molar-refractivity contribution in [3.05, 3.63) is 0 Å². The van der Waals surface area contributed by atoms with E-state index in [0.717, 1.165) is 0 Å². The van der Waals surface area contributed by atoms with E-state index in [4.69, 9.17) is 15.2 Å². The van der Waals surface area contributed by atoms with Gasteiger partial charge in [0.05, 0.1) is 18.3 Å². The highest BCUT2D eigenvalue weighted by atomic mass is 16.5. The largest absolute Gasteiger partial charge is 0.370 e. The van der Waals surface area contributed by atoms with Crippen molar-refractivity contribution in [2.45, 2.75) is 32.5 Å². The van der Waals surface area contributed by atoms with Crippen LogP contribution in [-0.2, 0) is 14.3 Å². The van der Waals surface area contributed by atoms with Gasteiger partial charge in [-0.15, -0.1) is 0 Å². The summed E-state index contributed by atoms with van der Waals surface area (Å²) < 4.78 is 10.9. The Hall–Kier alpha value is -0.650. The molecule has 0 aliphatic carbocycles. The smallest absolute Gasteiger partial charge is 0.248 e. The third kappa shape index (κ3) is 4.08. The Morgan fingerprint density at radius 3 is 2.88 bits per heavy atom. The highest BCUT2D eigenvalue weighted by Crippen LogP contribution is 2.20. The first-order valence-electron chi connectivity index (χ1n) is 5.68. The first-order valence-corrected chi connectivity index (χ1v) is 5.68. The molecule has 0 radical (unpaired) electrons. The molecule has 94 valence electrons. The summed E-state index contributed by atoms with van der Waals surface area (Å²) in [6, 6.07) is 0. The third-order valence-electron chi connectivity index (χ3n) is 2.41. The Bertz CT molecular complexity index is 243. The zero-order valence-electron chi connectivity index (χ0n) is 10.4. The molecule has 1 heterocycles. The van der Waals surface area contributed by atoms with Crippen molar-refractivity contribution in [2.75, 3.05) is 32.8 Å². The van der Waals surface area contributed by atoms with E-state index in [1.807, 2.05) is 20.8 Å². The molecule has 1 unspecified atom stereocenters. The number of carbonyl (C=O) groups excluding carboxylic acids is 1. The Balaban J connectivity index is 2.43. The van der Waals surface area contributed by atoms with Crippen LogP contribution in [0.3, 0.4) is 0 Å². The number of nitrogens with two attached hydrogens (primary N) is 1. The molecular formula is C11H22N2O3. The maximum Gasteiger partial charge on any atom is 0.248 e. The van der Waals surface area contributed by atoms with Crippen LogP contribution in [0.1, 0.15) is 20.8 Å². The highest BCUT2D eigenvalue weighted by Gasteiger charge is 2.33. The number of rotatable bonds is 4. The van der Waals surface area contributed by atoms with Crippen molar-refractivity contribution in [1.82, 2.24) is 4.90 Å². The number of nitrogens with zero attached hydrogens (tertiary/aromatic N) is 1. The van der Waals surface area contributed by atoms with Crippen molar-refractivity contribution in [3.63, 3.8) is 0 Å². The zero-order chi connectivity index (χ0) is 12.2. The van der Waals surface area contributed by atoms with Crippen LogP contribution < -0.4 is 5.73 Å². The Labute approximate surface area is 96.9 Å². The van der Waals surface area contributed by atoms with Gasteiger partial charge in [-0.05, 0) is 20.8 Å². The van der Waals surface area contributed by atoms with E-state index in [9.17, 15) is 4.79 Å². The summed E-state index contributed by atoms with van der Waals surface area (Å²) in [5.74, 6) is 0.0108. The molecule has 0 aromatic rings. The molecule has 1 atom stereocenters. The van der Waals surface area contributed by atoms with Crippen LogP contribution in [0.25, 0.3) is 0 Å². The maximum atomic E-state index is 11.8. The Kier molecular flexibility index (Phi) is 4.70. The van der Waals surface area contributed by atoms with E-state index in [-0.39, 0.29) is 24.2 Å². The molecule has 0 bridgehead atoms. The summed E-state index contributed by atoms with van der Waals surface area (Å²) in [5.41, 5.74) is 5.01. The van der Waals surface area contributed by atoms with Gasteiger partial charge in [-0.2, -0.15) is 0 Å². The predicted octanol–water partition coefficient (Wildman–Crippen LogP) is -0.0124. The minimum absolute atomic E-state index is 0.0108. The van der Waals surface area contributed by atoms with Gasteiger partial charge in [-0.25, -0.2) is 0 Å². The van der Waals surface area contributed by atoms with Crippen molar-refractivity contribution in [3.8, 4) is 0 Å². The Morgan fingerprint density at radius 1 is 1.62 bits per heavy atom. The molecule has 0 aromatic heterocycles. The van der Waals surface area contributed by atoms with Crippen molar-refractivity contribution in [2.24, 2.45) is 5.73 Å². The first-order chi connectivity index (χ1) is 7.44. The summed E-state index contributed by atoms with van der Waals surface area (Å²) in [7, 11) is 0. The lowest BCUT2D eigenvalue weighted by molar-refractivity contribution is -0.161. The van der Waals surface area contributed by atoms with E-state index < -0.39 is 0 Å².